The lowest BCUT2D eigenvalue weighted by molar-refractivity contribution is 0.570. The van der Waals surface area contributed by atoms with Crippen molar-refractivity contribution in [3.05, 3.63) is 27.3 Å². The van der Waals surface area contributed by atoms with E-state index < -0.39 is 11.6 Å². The number of nitrogens with zero attached hydrogens (tertiary/aromatic N) is 1. The summed E-state index contributed by atoms with van der Waals surface area (Å²) >= 11 is 1.64. The van der Waals surface area contributed by atoms with Crippen LogP contribution in [-0.2, 0) is 0 Å². The minimum Gasteiger partial charge on any atom is -0.377 e. The van der Waals surface area contributed by atoms with Crippen LogP contribution in [0.4, 0.5) is 14.5 Å². The van der Waals surface area contributed by atoms with Crippen molar-refractivity contribution in [2.45, 2.75) is 0 Å². The summed E-state index contributed by atoms with van der Waals surface area (Å²) in [5.41, 5.74) is 0.533. The quantitative estimate of drug-likeness (QED) is 0.565. The summed E-state index contributed by atoms with van der Waals surface area (Å²) in [5, 5.41) is 0. The molecule has 0 amide bonds. The van der Waals surface area contributed by atoms with Gasteiger partial charge in [-0.3, -0.25) is 0 Å². The molecule has 0 spiro atoms. The molecule has 0 unspecified atom stereocenters. The Kier molecular flexibility index (Phi) is 2.87. The molecule has 4 heteroatoms. The molecule has 0 aliphatic carbocycles. The zero-order valence-corrected chi connectivity index (χ0v) is 8.89. The molecule has 0 atom stereocenters. The second-order valence-electron chi connectivity index (χ2n) is 2.62. The summed E-state index contributed by atoms with van der Waals surface area (Å²) in [6.07, 6.45) is 0. The predicted molar refractivity (Wildman–Crippen MR) is 53.4 cm³/mol. The molecule has 0 aliphatic heterocycles. The van der Waals surface area contributed by atoms with Gasteiger partial charge in [0.25, 0.3) is 0 Å². The van der Waals surface area contributed by atoms with Crippen LogP contribution in [0.25, 0.3) is 0 Å². The first-order chi connectivity index (χ1) is 5.52. The van der Waals surface area contributed by atoms with E-state index in [1.807, 2.05) is 0 Å². The van der Waals surface area contributed by atoms with Gasteiger partial charge in [0.1, 0.15) is 11.6 Å². The number of hydrogen-bond acceptors (Lipinski definition) is 1. The zero-order chi connectivity index (χ0) is 9.30. The van der Waals surface area contributed by atoms with Gasteiger partial charge in [-0.15, -0.1) is 0 Å². The second-order valence-corrected chi connectivity index (χ2v) is 3.70. The van der Waals surface area contributed by atoms with Crippen molar-refractivity contribution in [2.24, 2.45) is 0 Å². The van der Waals surface area contributed by atoms with E-state index in [9.17, 15) is 8.78 Å². The Morgan fingerprint density at radius 2 is 1.58 bits per heavy atom. The van der Waals surface area contributed by atoms with Gasteiger partial charge in [0.15, 0.2) is 0 Å². The largest absolute Gasteiger partial charge is 0.377 e. The van der Waals surface area contributed by atoms with E-state index in [0.29, 0.717) is 5.69 Å². The summed E-state index contributed by atoms with van der Waals surface area (Å²) in [4.78, 5) is 1.66. The Bertz CT molecular complexity index is 276. The zero-order valence-electron chi connectivity index (χ0n) is 6.74. The summed E-state index contributed by atoms with van der Waals surface area (Å²) < 4.78 is 25.9. The van der Waals surface area contributed by atoms with Crippen LogP contribution in [0.15, 0.2) is 12.1 Å². The van der Waals surface area contributed by atoms with Crippen LogP contribution in [0, 0.1) is 15.2 Å². The SMILES string of the molecule is CN(C)c1cc(F)c(I)c(F)c1. The van der Waals surface area contributed by atoms with Crippen LogP contribution in [-0.4, -0.2) is 14.1 Å². The van der Waals surface area contributed by atoms with Crippen molar-refractivity contribution < 1.29 is 8.78 Å². The fraction of sp³-hybridized carbons (Fsp3) is 0.250. The van der Waals surface area contributed by atoms with Gasteiger partial charge in [0.05, 0.1) is 3.57 Å². The standard InChI is InChI=1S/C8H8F2IN/c1-12(2)5-3-6(9)8(11)7(10)4-5/h3-4H,1-2H3. The van der Waals surface area contributed by atoms with E-state index in [-0.39, 0.29) is 3.57 Å². The highest BCUT2D eigenvalue weighted by molar-refractivity contribution is 14.1. The molecular formula is C8H8F2IN. The highest BCUT2D eigenvalue weighted by Crippen LogP contribution is 2.21. The van der Waals surface area contributed by atoms with Crippen molar-refractivity contribution >= 4 is 28.3 Å². The first-order valence-corrected chi connectivity index (χ1v) is 4.42. The van der Waals surface area contributed by atoms with Gasteiger partial charge in [-0.1, -0.05) is 0 Å². The van der Waals surface area contributed by atoms with E-state index in [1.165, 1.54) is 12.1 Å². The monoisotopic (exact) mass is 283 g/mol. The van der Waals surface area contributed by atoms with Crippen LogP contribution >= 0.6 is 22.6 Å². The maximum atomic E-state index is 12.9. The van der Waals surface area contributed by atoms with Gasteiger partial charge in [0, 0.05) is 19.8 Å². The maximum Gasteiger partial charge on any atom is 0.141 e. The second kappa shape index (κ2) is 3.55. The lowest BCUT2D eigenvalue weighted by Crippen LogP contribution is -2.09. The number of hydrogen-bond donors (Lipinski definition) is 0. The normalized spacial score (nSPS) is 10.1. The summed E-state index contributed by atoms with van der Waals surface area (Å²) in [6.45, 7) is 0. The molecule has 1 aromatic carbocycles. The minimum atomic E-state index is -0.515. The Balaban J connectivity index is 3.21. The molecule has 0 aliphatic rings. The average Bonchev–Trinajstić information content (AvgIpc) is 1.99. The number of benzene rings is 1. The van der Waals surface area contributed by atoms with Crippen LogP contribution in [0.1, 0.15) is 0 Å². The fourth-order valence-electron chi connectivity index (χ4n) is 0.800. The van der Waals surface area contributed by atoms with Gasteiger partial charge in [-0.05, 0) is 34.7 Å². The first kappa shape index (κ1) is 9.70. The molecule has 0 fully saturated rings. The van der Waals surface area contributed by atoms with Gasteiger partial charge in [-0.25, -0.2) is 8.78 Å². The van der Waals surface area contributed by atoms with Crippen LogP contribution in [0.2, 0.25) is 0 Å². The number of anilines is 1. The Hall–Kier alpha value is -0.390. The third-order valence-corrected chi connectivity index (χ3v) is 2.52. The van der Waals surface area contributed by atoms with Crippen LogP contribution in [0.3, 0.4) is 0 Å². The van der Waals surface area contributed by atoms with Gasteiger partial charge < -0.3 is 4.90 Å². The first-order valence-electron chi connectivity index (χ1n) is 3.34. The van der Waals surface area contributed by atoms with Crippen LogP contribution in [0.5, 0.6) is 0 Å². The molecule has 1 aromatic rings. The number of rotatable bonds is 1. The van der Waals surface area contributed by atoms with Crippen molar-refractivity contribution in [3.63, 3.8) is 0 Å². The van der Waals surface area contributed by atoms with E-state index in [4.69, 9.17) is 0 Å². The molecule has 66 valence electrons. The predicted octanol–water partition coefficient (Wildman–Crippen LogP) is 2.64. The lowest BCUT2D eigenvalue weighted by Gasteiger charge is -2.12. The van der Waals surface area contributed by atoms with Crippen molar-refractivity contribution in [3.8, 4) is 0 Å². The molecule has 0 saturated heterocycles. The van der Waals surface area contributed by atoms with Crippen LogP contribution < -0.4 is 4.90 Å². The summed E-state index contributed by atoms with van der Waals surface area (Å²) in [7, 11) is 3.47. The molecule has 0 N–H and O–H groups in total. The Morgan fingerprint density at radius 1 is 1.17 bits per heavy atom. The highest BCUT2D eigenvalue weighted by Gasteiger charge is 2.08. The van der Waals surface area contributed by atoms with Gasteiger partial charge in [-0.2, -0.15) is 0 Å². The molecule has 0 heterocycles. The molecule has 0 saturated carbocycles. The van der Waals surface area contributed by atoms with E-state index in [0.717, 1.165) is 0 Å². The average molecular weight is 283 g/mol. The molecule has 0 radical (unpaired) electrons. The minimum absolute atomic E-state index is 0.0400. The summed E-state index contributed by atoms with van der Waals surface area (Å²) in [5.74, 6) is -1.03. The Morgan fingerprint density at radius 3 is 1.92 bits per heavy atom. The molecule has 0 aromatic heterocycles. The van der Waals surface area contributed by atoms with Crippen molar-refractivity contribution in [2.75, 3.05) is 19.0 Å². The smallest absolute Gasteiger partial charge is 0.141 e. The topological polar surface area (TPSA) is 3.24 Å². The van der Waals surface area contributed by atoms with Crippen molar-refractivity contribution in [1.82, 2.24) is 0 Å². The molecular weight excluding hydrogens is 275 g/mol. The third kappa shape index (κ3) is 1.85. The van der Waals surface area contributed by atoms with E-state index in [1.54, 1.807) is 41.6 Å². The molecule has 1 nitrogen and oxygen atoms in total. The van der Waals surface area contributed by atoms with E-state index in [2.05, 4.69) is 0 Å². The third-order valence-electron chi connectivity index (χ3n) is 1.48. The van der Waals surface area contributed by atoms with Gasteiger partial charge in [0.2, 0.25) is 0 Å². The molecule has 1 rings (SSSR count). The summed E-state index contributed by atoms with van der Waals surface area (Å²) in [6, 6.07) is 2.62. The molecule has 0 bridgehead atoms. The lowest BCUT2D eigenvalue weighted by atomic mass is 10.3. The van der Waals surface area contributed by atoms with Gasteiger partial charge >= 0.3 is 0 Å². The fourth-order valence-corrected chi connectivity index (χ4v) is 1.11. The maximum absolute atomic E-state index is 12.9. The van der Waals surface area contributed by atoms with E-state index >= 15 is 0 Å². The highest BCUT2D eigenvalue weighted by atomic mass is 127. The number of halogens is 3. The Labute approximate surface area is 83.5 Å². The van der Waals surface area contributed by atoms with Crippen molar-refractivity contribution in [1.29, 1.82) is 0 Å². The molecule has 12 heavy (non-hydrogen) atoms.